The van der Waals surface area contributed by atoms with Crippen molar-refractivity contribution < 1.29 is 14.3 Å². The van der Waals surface area contributed by atoms with E-state index >= 15 is 0 Å². The van der Waals surface area contributed by atoms with E-state index in [2.05, 4.69) is 10.3 Å². The van der Waals surface area contributed by atoms with Gasteiger partial charge >= 0.3 is 0 Å². The van der Waals surface area contributed by atoms with Crippen LogP contribution in [0.5, 0.6) is 5.75 Å². The molecule has 1 amide bonds. The Kier molecular flexibility index (Phi) is 6.44. The maximum absolute atomic E-state index is 12.3. The summed E-state index contributed by atoms with van der Waals surface area (Å²) in [6.45, 7) is 3.75. The molecule has 0 aliphatic heterocycles. The Hall–Kier alpha value is -2.86. The van der Waals surface area contributed by atoms with Crippen LogP contribution >= 0.6 is 0 Å². The average Bonchev–Trinajstić information content (AvgIpc) is 3.01. The molecule has 0 aliphatic rings. The fraction of sp³-hybridized carbons (Fsp3) is 0.333. The van der Waals surface area contributed by atoms with Gasteiger partial charge in [0.1, 0.15) is 24.7 Å². The molecule has 1 heterocycles. The highest BCUT2D eigenvalue weighted by atomic mass is 16.5. The largest absolute Gasteiger partial charge is 0.486 e. The minimum absolute atomic E-state index is 0.0499. The molecule has 2 aromatic carbocycles. The number of nitrogens with zero attached hydrogens (tertiary/aromatic N) is 2. The van der Waals surface area contributed by atoms with Crippen LogP contribution in [-0.4, -0.2) is 35.7 Å². The lowest BCUT2D eigenvalue weighted by Gasteiger charge is -2.11. The molecule has 0 spiro atoms. The number of para-hydroxylation sites is 2. The molecule has 0 atom stereocenters. The van der Waals surface area contributed by atoms with E-state index in [0.717, 1.165) is 34.6 Å². The molecule has 0 radical (unpaired) electrons. The van der Waals surface area contributed by atoms with Crippen LogP contribution in [0.1, 0.15) is 17.8 Å². The van der Waals surface area contributed by atoms with Crippen molar-refractivity contribution in [2.45, 2.75) is 26.5 Å². The number of carbonyl (C=O) groups excluding carboxylic acids is 1. The Morgan fingerprint density at radius 1 is 1.19 bits per heavy atom. The van der Waals surface area contributed by atoms with E-state index in [0.29, 0.717) is 19.8 Å². The van der Waals surface area contributed by atoms with Gasteiger partial charge in [-0.2, -0.15) is 0 Å². The Balaban J connectivity index is 1.74. The van der Waals surface area contributed by atoms with Crippen molar-refractivity contribution in [3.63, 3.8) is 0 Å². The van der Waals surface area contributed by atoms with E-state index in [4.69, 9.17) is 9.47 Å². The number of fused-ring (bicyclic) bond motifs is 1. The van der Waals surface area contributed by atoms with Gasteiger partial charge in [-0.25, -0.2) is 4.98 Å². The molecule has 0 aliphatic carbocycles. The van der Waals surface area contributed by atoms with E-state index in [1.165, 1.54) is 0 Å². The lowest BCUT2D eigenvalue weighted by Crippen LogP contribution is -2.29. The SMILES string of the molecule is COCCCNC(=O)Cn1c(COc2cccc(C)c2)nc2ccccc21. The van der Waals surface area contributed by atoms with Crippen molar-refractivity contribution in [1.29, 1.82) is 0 Å². The van der Waals surface area contributed by atoms with Gasteiger partial charge in [0.2, 0.25) is 5.91 Å². The number of aryl methyl sites for hydroxylation is 1. The lowest BCUT2D eigenvalue weighted by atomic mass is 10.2. The topological polar surface area (TPSA) is 65.4 Å². The fourth-order valence-electron chi connectivity index (χ4n) is 2.91. The second-order valence-corrected chi connectivity index (χ2v) is 6.40. The normalized spacial score (nSPS) is 10.9. The molecule has 0 saturated carbocycles. The van der Waals surface area contributed by atoms with Crippen molar-refractivity contribution in [2.24, 2.45) is 0 Å². The first-order chi connectivity index (χ1) is 13.2. The quantitative estimate of drug-likeness (QED) is 0.590. The molecule has 1 aromatic heterocycles. The van der Waals surface area contributed by atoms with Crippen LogP contribution in [0.3, 0.4) is 0 Å². The molecule has 27 heavy (non-hydrogen) atoms. The van der Waals surface area contributed by atoms with Gasteiger partial charge in [-0.1, -0.05) is 24.3 Å². The number of hydrogen-bond donors (Lipinski definition) is 1. The van der Waals surface area contributed by atoms with Crippen LogP contribution in [0, 0.1) is 6.92 Å². The third kappa shape index (κ3) is 5.08. The highest BCUT2D eigenvalue weighted by Crippen LogP contribution is 2.19. The number of amides is 1. The minimum atomic E-state index is -0.0499. The summed E-state index contributed by atoms with van der Waals surface area (Å²) >= 11 is 0. The third-order valence-electron chi connectivity index (χ3n) is 4.24. The Morgan fingerprint density at radius 2 is 2.04 bits per heavy atom. The highest BCUT2D eigenvalue weighted by Gasteiger charge is 2.14. The fourth-order valence-corrected chi connectivity index (χ4v) is 2.91. The third-order valence-corrected chi connectivity index (χ3v) is 4.24. The molecular formula is C21H25N3O3. The van der Waals surface area contributed by atoms with Crippen LogP contribution in [0.15, 0.2) is 48.5 Å². The minimum Gasteiger partial charge on any atom is -0.486 e. The first-order valence-corrected chi connectivity index (χ1v) is 9.06. The molecule has 0 unspecified atom stereocenters. The van der Waals surface area contributed by atoms with Gasteiger partial charge in [-0.3, -0.25) is 4.79 Å². The van der Waals surface area contributed by atoms with Crippen molar-refractivity contribution in [2.75, 3.05) is 20.3 Å². The molecule has 6 heteroatoms. The standard InChI is InChI=1S/C21H25N3O3/c1-16-7-5-8-17(13-16)27-15-20-23-18-9-3-4-10-19(18)24(20)14-21(25)22-11-6-12-26-2/h3-5,7-10,13H,6,11-12,14-15H2,1-2H3,(H,22,25). The molecule has 0 fully saturated rings. The zero-order valence-electron chi connectivity index (χ0n) is 15.8. The summed E-state index contributed by atoms with van der Waals surface area (Å²) in [7, 11) is 1.65. The summed E-state index contributed by atoms with van der Waals surface area (Å²) in [6.07, 6.45) is 0.788. The van der Waals surface area contributed by atoms with Gasteiger partial charge in [-0.05, 0) is 43.2 Å². The maximum atomic E-state index is 12.3. The molecule has 142 valence electrons. The zero-order valence-corrected chi connectivity index (χ0v) is 15.8. The van der Waals surface area contributed by atoms with Gasteiger partial charge in [0.25, 0.3) is 0 Å². The second-order valence-electron chi connectivity index (χ2n) is 6.40. The summed E-state index contributed by atoms with van der Waals surface area (Å²) in [5.74, 6) is 1.47. The number of rotatable bonds is 9. The number of methoxy groups -OCH3 is 1. The number of imidazole rings is 1. The summed E-state index contributed by atoms with van der Waals surface area (Å²) in [4.78, 5) is 17.0. The maximum Gasteiger partial charge on any atom is 0.240 e. The van der Waals surface area contributed by atoms with Crippen LogP contribution in [-0.2, 0) is 22.7 Å². The predicted molar refractivity (Wildman–Crippen MR) is 105 cm³/mol. The van der Waals surface area contributed by atoms with Gasteiger partial charge in [-0.15, -0.1) is 0 Å². The summed E-state index contributed by atoms with van der Waals surface area (Å²) in [6, 6.07) is 15.7. The first-order valence-electron chi connectivity index (χ1n) is 9.06. The van der Waals surface area contributed by atoms with Crippen LogP contribution in [0.2, 0.25) is 0 Å². The smallest absolute Gasteiger partial charge is 0.240 e. The van der Waals surface area contributed by atoms with Crippen molar-refractivity contribution in [3.05, 3.63) is 59.9 Å². The number of carbonyl (C=O) groups is 1. The lowest BCUT2D eigenvalue weighted by molar-refractivity contribution is -0.121. The molecule has 1 N–H and O–H groups in total. The zero-order chi connectivity index (χ0) is 19.1. The molecule has 0 saturated heterocycles. The Morgan fingerprint density at radius 3 is 2.85 bits per heavy atom. The van der Waals surface area contributed by atoms with Crippen molar-refractivity contribution in [3.8, 4) is 5.75 Å². The molecule has 3 rings (SSSR count). The summed E-state index contributed by atoms with van der Waals surface area (Å²) in [5, 5.41) is 2.92. The summed E-state index contributed by atoms with van der Waals surface area (Å²) < 4.78 is 12.8. The predicted octanol–water partition coefficient (Wildman–Crippen LogP) is 3.08. The van der Waals surface area contributed by atoms with Gasteiger partial charge < -0.3 is 19.4 Å². The van der Waals surface area contributed by atoms with Gasteiger partial charge in [0.05, 0.1) is 11.0 Å². The Labute approximate surface area is 159 Å². The first kappa shape index (κ1) is 18.9. The number of benzene rings is 2. The van der Waals surface area contributed by atoms with Crippen molar-refractivity contribution in [1.82, 2.24) is 14.9 Å². The van der Waals surface area contributed by atoms with Crippen LogP contribution < -0.4 is 10.1 Å². The van der Waals surface area contributed by atoms with E-state index < -0.39 is 0 Å². The number of hydrogen-bond acceptors (Lipinski definition) is 4. The molecular weight excluding hydrogens is 342 g/mol. The van der Waals surface area contributed by atoms with Crippen LogP contribution in [0.4, 0.5) is 0 Å². The summed E-state index contributed by atoms with van der Waals surface area (Å²) in [5.41, 5.74) is 2.91. The molecule has 3 aromatic rings. The van der Waals surface area contributed by atoms with E-state index in [-0.39, 0.29) is 12.5 Å². The number of aromatic nitrogens is 2. The number of ether oxygens (including phenoxy) is 2. The molecule has 0 bridgehead atoms. The van der Waals surface area contributed by atoms with Gasteiger partial charge in [0, 0.05) is 20.3 Å². The average molecular weight is 367 g/mol. The van der Waals surface area contributed by atoms with E-state index in [1.807, 2.05) is 60.0 Å². The monoisotopic (exact) mass is 367 g/mol. The van der Waals surface area contributed by atoms with Crippen molar-refractivity contribution >= 4 is 16.9 Å². The highest BCUT2D eigenvalue weighted by molar-refractivity contribution is 5.81. The second kappa shape index (κ2) is 9.19. The Bertz CT molecular complexity index is 905. The van der Waals surface area contributed by atoms with E-state index in [9.17, 15) is 4.79 Å². The van der Waals surface area contributed by atoms with Gasteiger partial charge in [0.15, 0.2) is 0 Å². The molecule has 6 nitrogen and oxygen atoms in total. The van der Waals surface area contributed by atoms with Crippen LogP contribution in [0.25, 0.3) is 11.0 Å². The van der Waals surface area contributed by atoms with E-state index in [1.54, 1.807) is 7.11 Å². The number of nitrogens with one attached hydrogen (secondary N) is 1.